The number of hydrogen-bond acceptors (Lipinski definition) is 5. The molecule has 1 saturated heterocycles. The summed E-state index contributed by atoms with van der Waals surface area (Å²) in [6, 6.07) is 0.546. The summed E-state index contributed by atoms with van der Waals surface area (Å²) in [4.78, 5) is 11.4. The van der Waals surface area contributed by atoms with Gasteiger partial charge in [0.05, 0.1) is 5.69 Å². The van der Waals surface area contributed by atoms with Crippen molar-refractivity contribution in [3.8, 4) is 0 Å². The predicted molar refractivity (Wildman–Crippen MR) is 92.4 cm³/mol. The lowest BCUT2D eigenvalue weighted by Crippen LogP contribution is -2.37. The number of likely N-dealkylation sites (N-methyl/N-ethyl adjacent to an activating group) is 1. The summed E-state index contributed by atoms with van der Waals surface area (Å²) in [7, 11) is 2.22. The van der Waals surface area contributed by atoms with Crippen molar-refractivity contribution in [3.63, 3.8) is 0 Å². The molecule has 1 N–H and O–H groups in total. The number of nitrogens with one attached hydrogen (secondary N) is 1. The Morgan fingerprint density at radius 3 is 2.86 bits per heavy atom. The van der Waals surface area contributed by atoms with Crippen LogP contribution in [0.1, 0.15) is 44.2 Å². The highest BCUT2D eigenvalue weighted by Crippen LogP contribution is 2.29. The van der Waals surface area contributed by atoms with Crippen LogP contribution in [-0.2, 0) is 13.0 Å². The van der Waals surface area contributed by atoms with E-state index >= 15 is 0 Å². The summed E-state index contributed by atoms with van der Waals surface area (Å²) in [5, 5.41) is 4.68. The average Bonchev–Trinajstić information content (AvgIpc) is 2.75. The van der Waals surface area contributed by atoms with Crippen LogP contribution < -0.4 is 10.2 Å². The van der Waals surface area contributed by atoms with Gasteiger partial charge in [-0.05, 0) is 39.9 Å². The zero-order valence-electron chi connectivity index (χ0n) is 14.0. The molecule has 1 aromatic rings. The Balaban J connectivity index is 2.17. The second-order valence-corrected chi connectivity index (χ2v) is 7.12. The van der Waals surface area contributed by atoms with Gasteiger partial charge in [0.15, 0.2) is 5.13 Å². The van der Waals surface area contributed by atoms with E-state index in [4.69, 9.17) is 4.98 Å². The number of aromatic nitrogens is 1. The van der Waals surface area contributed by atoms with Crippen molar-refractivity contribution >= 4 is 16.5 Å². The molecule has 4 nitrogen and oxygen atoms in total. The molecule has 21 heavy (non-hydrogen) atoms. The molecule has 1 unspecified atom stereocenters. The van der Waals surface area contributed by atoms with Crippen molar-refractivity contribution in [2.45, 2.75) is 52.6 Å². The van der Waals surface area contributed by atoms with E-state index in [1.165, 1.54) is 35.1 Å². The summed E-state index contributed by atoms with van der Waals surface area (Å²) in [6.07, 6.45) is 3.49. The minimum atomic E-state index is 0.546. The van der Waals surface area contributed by atoms with E-state index in [2.05, 4.69) is 42.9 Å². The summed E-state index contributed by atoms with van der Waals surface area (Å²) >= 11 is 1.89. The summed E-state index contributed by atoms with van der Waals surface area (Å²) in [5.41, 5.74) is 1.31. The van der Waals surface area contributed by atoms with E-state index < -0.39 is 0 Å². The molecule has 0 spiro atoms. The van der Waals surface area contributed by atoms with Crippen LogP contribution in [0.3, 0.4) is 0 Å². The molecule has 1 aliphatic rings. The zero-order chi connectivity index (χ0) is 15.2. The van der Waals surface area contributed by atoms with E-state index in [-0.39, 0.29) is 0 Å². The molecule has 5 heteroatoms. The molecular formula is C16H30N4S. The third-order valence-electron chi connectivity index (χ3n) is 4.08. The maximum Gasteiger partial charge on any atom is 0.186 e. The molecule has 0 radical (unpaired) electrons. The van der Waals surface area contributed by atoms with Gasteiger partial charge in [0.25, 0.3) is 0 Å². The minimum Gasteiger partial charge on any atom is -0.344 e. The average molecular weight is 311 g/mol. The highest BCUT2D eigenvalue weighted by atomic mass is 32.1. The topological polar surface area (TPSA) is 31.4 Å². The third-order valence-corrected chi connectivity index (χ3v) is 5.22. The van der Waals surface area contributed by atoms with Gasteiger partial charge in [-0.2, -0.15) is 0 Å². The van der Waals surface area contributed by atoms with Crippen LogP contribution in [0.2, 0.25) is 0 Å². The molecule has 1 atom stereocenters. The SMILES string of the molecule is CCCc1nc(N2CCCN(C)CC2C)sc1CNCC. The number of anilines is 1. The van der Waals surface area contributed by atoms with Crippen molar-refractivity contribution in [1.82, 2.24) is 15.2 Å². The maximum atomic E-state index is 4.98. The highest BCUT2D eigenvalue weighted by Gasteiger charge is 2.23. The third kappa shape index (κ3) is 4.41. The summed E-state index contributed by atoms with van der Waals surface area (Å²) < 4.78 is 0. The van der Waals surface area contributed by atoms with E-state index in [9.17, 15) is 0 Å². The second kappa shape index (κ2) is 8.11. The van der Waals surface area contributed by atoms with Crippen molar-refractivity contribution in [2.24, 2.45) is 0 Å². The van der Waals surface area contributed by atoms with Gasteiger partial charge in [-0.3, -0.25) is 0 Å². The van der Waals surface area contributed by atoms with Crippen LogP contribution >= 0.6 is 11.3 Å². The Hall–Kier alpha value is -0.650. The lowest BCUT2D eigenvalue weighted by atomic mass is 10.2. The predicted octanol–water partition coefficient (Wildman–Crippen LogP) is 2.74. The lowest BCUT2D eigenvalue weighted by molar-refractivity contribution is 0.337. The van der Waals surface area contributed by atoms with E-state index in [0.29, 0.717) is 6.04 Å². The fraction of sp³-hybridized carbons (Fsp3) is 0.812. The highest BCUT2D eigenvalue weighted by molar-refractivity contribution is 7.15. The number of thiazole rings is 1. The van der Waals surface area contributed by atoms with E-state index in [1.54, 1.807) is 0 Å². The quantitative estimate of drug-likeness (QED) is 0.875. The van der Waals surface area contributed by atoms with Crippen molar-refractivity contribution in [2.75, 3.05) is 38.1 Å². The molecule has 1 fully saturated rings. The van der Waals surface area contributed by atoms with Crippen molar-refractivity contribution < 1.29 is 0 Å². The van der Waals surface area contributed by atoms with Gasteiger partial charge in [-0.25, -0.2) is 4.98 Å². The smallest absolute Gasteiger partial charge is 0.186 e. The monoisotopic (exact) mass is 310 g/mol. The Morgan fingerprint density at radius 2 is 2.14 bits per heavy atom. The van der Waals surface area contributed by atoms with Gasteiger partial charge in [0.1, 0.15) is 0 Å². The Morgan fingerprint density at radius 1 is 1.33 bits per heavy atom. The van der Waals surface area contributed by atoms with Gasteiger partial charge in [-0.1, -0.05) is 20.3 Å². The van der Waals surface area contributed by atoms with Gasteiger partial charge in [0, 0.05) is 30.6 Å². The Kier molecular flexibility index (Phi) is 6.45. The Bertz CT molecular complexity index is 432. The van der Waals surface area contributed by atoms with E-state index in [1.807, 2.05) is 11.3 Å². The van der Waals surface area contributed by atoms with Crippen LogP contribution in [-0.4, -0.2) is 49.2 Å². The molecule has 1 aliphatic heterocycles. The molecule has 120 valence electrons. The first-order valence-electron chi connectivity index (χ1n) is 8.30. The fourth-order valence-electron chi connectivity index (χ4n) is 2.96. The molecule has 0 aliphatic carbocycles. The fourth-order valence-corrected chi connectivity index (χ4v) is 4.16. The summed E-state index contributed by atoms with van der Waals surface area (Å²) in [5.74, 6) is 0. The summed E-state index contributed by atoms with van der Waals surface area (Å²) in [6.45, 7) is 12.2. The number of nitrogens with zero attached hydrogens (tertiary/aromatic N) is 3. The van der Waals surface area contributed by atoms with Crippen LogP contribution in [0.5, 0.6) is 0 Å². The lowest BCUT2D eigenvalue weighted by Gasteiger charge is -2.27. The molecule has 2 heterocycles. The maximum absolute atomic E-state index is 4.98. The molecule has 0 bridgehead atoms. The van der Waals surface area contributed by atoms with Crippen molar-refractivity contribution in [3.05, 3.63) is 10.6 Å². The van der Waals surface area contributed by atoms with Crippen LogP contribution in [0, 0.1) is 0 Å². The molecule has 2 rings (SSSR count). The van der Waals surface area contributed by atoms with Gasteiger partial charge >= 0.3 is 0 Å². The molecular weight excluding hydrogens is 280 g/mol. The van der Waals surface area contributed by atoms with Crippen LogP contribution in [0.4, 0.5) is 5.13 Å². The number of rotatable bonds is 6. The van der Waals surface area contributed by atoms with Crippen molar-refractivity contribution in [1.29, 1.82) is 0 Å². The van der Waals surface area contributed by atoms with Crippen LogP contribution in [0.15, 0.2) is 0 Å². The van der Waals surface area contributed by atoms with E-state index in [0.717, 1.165) is 32.6 Å². The molecule has 1 aromatic heterocycles. The first kappa shape index (κ1) is 16.7. The van der Waals surface area contributed by atoms with Gasteiger partial charge < -0.3 is 15.1 Å². The normalized spacial score (nSPS) is 20.8. The first-order chi connectivity index (χ1) is 10.2. The number of hydrogen-bond donors (Lipinski definition) is 1. The van der Waals surface area contributed by atoms with Crippen LogP contribution in [0.25, 0.3) is 0 Å². The zero-order valence-corrected chi connectivity index (χ0v) is 14.8. The second-order valence-electron chi connectivity index (χ2n) is 6.05. The first-order valence-corrected chi connectivity index (χ1v) is 9.11. The van der Waals surface area contributed by atoms with Gasteiger partial charge in [-0.15, -0.1) is 11.3 Å². The largest absolute Gasteiger partial charge is 0.344 e. The van der Waals surface area contributed by atoms with Gasteiger partial charge in [0.2, 0.25) is 0 Å². The minimum absolute atomic E-state index is 0.546. The molecule has 0 amide bonds. The molecule has 0 aromatic carbocycles. The Labute approximate surface area is 133 Å². The number of aryl methyl sites for hydroxylation is 1. The standard InChI is InChI=1S/C16H30N4S/c1-5-8-14-15(11-17-6-2)21-16(18-14)20-10-7-9-19(4)12-13(20)3/h13,17H,5-12H2,1-4H3. The molecule has 0 saturated carbocycles.